The van der Waals surface area contributed by atoms with E-state index in [4.69, 9.17) is 9.40 Å². The fourth-order valence-electron chi connectivity index (χ4n) is 3.72. The van der Waals surface area contributed by atoms with Gasteiger partial charge in [0.05, 0.1) is 21.8 Å². The maximum Gasteiger partial charge on any atom is 0.247 e. The summed E-state index contributed by atoms with van der Waals surface area (Å²) in [5.74, 6) is 1.84. The van der Waals surface area contributed by atoms with Gasteiger partial charge in [-0.25, -0.2) is 4.98 Å². The average Bonchev–Trinajstić information content (AvgIpc) is 3.36. The number of fused-ring (bicyclic) bond motifs is 1. The highest BCUT2D eigenvalue weighted by Crippen LogP contribution is 2.34. The lowest BCUT2D eigenvalue weighted by atomic mass is 9.97. The average molecular weight is 391 g/mol. The highest BCUT2D eigenvalue weighted by Gasteiger charge is 2.24. The van der Waals surface area contributed by atoms with Gasteiger partial charge in [-0.2, -0.15) is 0 Å². The van der Waals surface area contributed by atoms with Gasteiger partial charge in [0.25, 0.3) is 0 Å². The van der Waals surface area contributed by atoms with Crippen LogP contribution in [0.5, 0.6) is 0 Å². The second kappa shape index (κ2) is 7.45. The van der Waals surface area contributed by atoms with E-state index in [0.29, 0.717) is 24.2 Å². The molecule has 6 heteroatoms. The quantitative estimate of drug-likeness (QED) is 0.489. The van der Waals surface area contributed by atoms with Crippen LogP contribution in [-0.4, -0.2) is 33.2 Å². The molecule has 0 N–H and O–H groups in total. The van der Waals surface area contributed by atoms with Crippen LogP contribution in [0.2, 0.25) is 0 Å². The van der Waals surface area contributed by atoms with Crippen molar-refractivity contribution in [2.24, 2.45) is 0 Å². The Labute approximate surface area is 168 Å². The van der Waals surface area contributed by atoms with Crippen molar-refractivity contribution in [3.8, 4) is 11.5 Å². The van der Waals surface area contributed by atoms with Crippen LogP contribution in [0.15, 0.2) is 52.9 Å². The standard InChI is InChI=1S/C22H22N4OS/c1-15-6-8-16(9-7-15)21-25-24-20(27-21)14-26-12-10-17(11-13-26)22-23-18-4-2-3-5-19(18)28-22/h2-9,17H,10-14H2,1H3. The monoisotopic (exact) mass is 390 g/mol. The summed E-state index contributed by atoms with van der Waals surface area (Å²) in [6.45, 7) is 4.85. The molecule has 0 saturated carbocycles. The van der Waals surface area contributed by atoms with Gasteiger partial charge in [-0.3, -0.25) is 4.90 Å². The van der Waals surface area contributed by atoms with Crippen molar-refractivity contribution in [2.75, 3.05) is 13.1 Å². The Hall–Kier alpha value is -2.57. The summed E-state index contributed by atoms with van der Waals surface area (Å²) in [6.07, 6.45) is 2.25. The summed E-state index contributed by atoms with van der Waals surface area (Å²) < 4.78 is 7.18. The van der Waals surface area contributed by atoms with E-state index in [-0.39, 0.29) is 0 Å². The van der Waals surface area contributed by atoms with Crippen LogP contribution in [-0.2, 0) is 6.54 Å². The van der Waals surface area contributed by atoms with Crippen molar-refractivity contribution in [2.45, 2.75) is 32.2 Å². The number of hydrogen-bond acceptors (Lipinski definition) is 6. The van der Waals surface area contributed by atoms with Gasteiger partial charge in [-0.05, 0) is 57.1 Å². The van der Waals surface area contributed by atoms with Crippen LogP contribution in [0.1, 0.15) is 35.2 Å². The molecule has 0 amide bonds. The molecule has 0 atom stereocenters. The minimum absolute atomic E-state index is 0.555. The maximum absolute atomic E-state index is 5.89. The Morgan fingerprint density at radius 2 is 1.82 bits per heavy atom. The molecule has 1 aliphatic rings. The van der Waals surface area contributed by atoms with Gasteiger partial charge in [-0.1, -0.05) is 29.8 Å². The Balaban J connectivity index is 1.21. The molecule has 1 fully saturated rings. The molecule has 0 spiro atoms. The number of nitrogens with zero attached hydrogens (tertiary/aromatic N) is 4. The van der Waals surface area contributed by atoms with Crippen molar-refractivity contribution in [1.29, 1.82) is 0 Å². The smallest absolute Gasteiger partial charge is 0.247 e. The maximum atomic E-state index is 5.89. The van der Waals surface area contributed by atoms with Crippen molar-refractivity contribution in [3.63, 3.8) is 0 Å². The third-order valence-electron chi connectivity index (χ3n) is 5.37. The molecule has 2 aromatic carbocycles. The van der Waals surface area contributed by atoms with Gasteiger partial charge in [0.2, 0.25) is 11.8 Å². The molecular weight excluding hydrogens is 368 g/mol. The van der Waals surface area contributed by atoms with Gasteiger partial charge in [0.15, 0.2) is 0 Å². The molecule has 2 aromatic heterocycles. The minimum Gasteiger partial charge on any atom is -0.419 e. The van der Waals surface area contributed by atoms with Crippen molar-refractivity contribution in [3.05, 3.63) is 65.0 Å². The molecule has 5 rings (SSSR count). The predicted octanol–water partition coefficient (Wildman–Crippen LogP) is 5.03. The van der Waals surface area contributed by atoms with Gasteiger partial charge < -0.3 is 4.42 Å². The first-order valence-corrected chi connectivity index (χ1v) is 10.5. The Bertz CT molecular complexity index is 1040. The third kappa shape index (κ3) is 3.57. The first-order valence-electron chi connectivity index (χ1n) is 9.72. The van der Waals surface area contributed by atoms with Crippen LogP contribution in [0, 0.1) is 6.92 Å². The van der Waals surface area contributed by atoms with Crippen molar-refractivity contribution >= 4 is 21.6 Å². The van der Waals surface area contributed by atoms with E-state index in [9.17, 15) is 0 Å². The van der Waals surface area contributed by atoms with Crippen LogP contribution >= 0.6 is 11.3 Å². The topological polar surface area (TPSA) is 55.1 Å². The summed E-state index contributed by atoms with van der Waals surface area (Å²) in [5, 5.41) is 9.74. The van der Waals surface area contributed by atoms with Crippen LogP contribution in [0.25, 0.3) is 21.7 Å². The Morgan fingerprint density at radius 3 is 2.61 bits per heavy atom. The molecule has 1 aliphatic heterocycles. The zero-order chi connectivity index (χ0) is 18.9. The summed E-state index contributed by atoms with van der Waals surface area (Å²) in [7, 11) is 0. The zero-order valence-electron chi connectivity index (χ0n) is 15.8. The van der Waals surface area contributed by atoms with Gasteiger partial charge >= 0.3 is 0 Å². The number of hydrogen-bond donors (Lipinski definition) is 0. The SMILES string of the molecule is Cc1ccc(-c2nnc(CN3CCC(c4nc5ccccc5s4)CC3)o2)cc1. The van der Waals surface area contributed by atoms with Gasteiger partial charge in [0.1, 0.15) is 0 Å². The zero-order valence-corrected chi connectivity index (χ0v) is 16.7. The molecule has 0 aliphatic carbocycles. The number of rotatable bonds is 4. The van der Waals surface area contributed by atoms with E-state index in [0.717, 1.165) is 37.0 Å². The lowest BCUT2D eigenvalue weighted by molar-refractivity contribution is 0.188. The van der Waals surface area contributed by atoms with Crippen LogP contribution in [0.3, 0.4) is 0 Å². The van der Waals surface area contributed by atoms with Gasteiger partial charge in [0, 0.05) is 11.5 Å². The Kier molecular flexibility index (Phi) is 4.66. The summed E-state index contributed by atoms with van der Waals surface area (Å²) >= 11 is 1.84. The molecule has 0 unspecified atom stereocenters. The second-order valence-corrected chi connectivity index (χ2v) is 8.50. The van der Waals surface area contributed by atoms with Gasteiger partial charge in [-0.15, -0.1) is 21.5 Å². The molecule has 3 heterocycles. The molecule has 1 saturated heterocycles. The number of likely N-dealkylation sites (tertiary alicyclic amines) is 1. The third-order valence-corrected chi connectivity index (χ3v) is 6.57. The highest BCUT2D eigenvalue weighted by atomic mass is 32.1. The second-order valence-electron chi connectivity index (χ2n) is 7.44. The summed E-state index contributed by atoms with van der Waals surface area (Å²) in [6, 6.07) is 16.6. The number of thiazole rings is 1. The van der Waals surface area contributed by atoms with E-state index in [1.54, 1.807) is 0 Å². The van der Waals surface area contributed by atoms with Crippen LogP contribution in [0.4, 0.5) is 0 Å². The number of aromatic nitrogens is 3. The van der Waals surface area contributed by atoms with E-state index in [1.165, 1.54) is 15.3 Å². The number of para-hydroxylation sites is 1. The fourth-order valence-corrected chi connectivity index (χ4v) is 4.86. The van der Waals surface area contributed by atoms with E-state index >= 15 is 0 Å². The van der Waals surface area contributed by atoms with Crippen molar-refractivity contribution < 1.29 is 4.42 Å². The molecular formula is C22H22N4OS. The van der Waals surface area contributed by atoms with E-state index in [2.05, 4.69) is 58.4 Å². The highest BCUT2D eigenvalue weighted by molar-refractivity contribution is 7.18. The first kappa shape index (κ1) is 17.5. The minimum atomic E-state index is 0.555. The molecule has 28 heavy (non-hydrogen) atoms. The largest absolute Gasteiger partial charge is 0.419 e. The van der Waals surface area contributed by atoms with E-state index in [1.807, 2.05) is 23.5 Å². The lowest BCUT2D eigenvalue weighted by Gasteiger charge is -2.29. The molecule has 4 aromatic rings. The molecule has 5 nitrogen and oxygen atoms in total. The molecule has 142 valence electrons. The number of aryl methyl sites for hydroxylation is 1. The summed E-state index contributed by atoms with van der Waals surface area (Å²) in [5.41, 5.74) is 3.32. The number of benzene rings is 2. The fraction of sp³-hybridized carbons (Fsp3) is 0.318. The summed E-state index contributed by atoms with van der Waals surface area (Å²) in [4.78, 5) is 7.25. The van der Waals surface area contributed by atoms with Crippen molar-refractivity contribution in [1.82, 2.24) is 20.1 Å². The molecule has 0 radical (unpaired) electrons. The number of piperidine rings is 1. The Morgan fingerprint density at radius 1 is 1.04 bits per heavy atom. The predicted molar refractivity (Wildman–Crippen MR) is 111 cm³/mol. The van der Waals surface area contributed by atoms with Crippen LogP contribution < -0.4 is 0 Å². The molecule has 0 bridgehead atoms. The normalized spacial score (nSPS) is 16.0. The first-order chi connectivity index (χ1) is 13.7. The lowest BCUT2D eigenvalue weighted by Crippen LogP contribution is -2.32. The van der Waals surface area contributed by atoms with E-state index < -0.39 is 0 Å².